The first-order valence-corrected chi connectivity index (χ1v) is 13.2. The van der Waals surface area contributed by atoms with Crippen LogP contribution in [0, 0.1) is 5.92 Å². The van der Waals surface area contributed by atoms with E-state index in [2.05, 4.69) is 4.40 Å². The zero-order valence-corrected chi connectivity index (χ0v) is 18.0. The molecule has 2 fully saturated rings. The van der Waals surface area contributed by atoms with Gasteiger partial charge in [0.15, 0.2) is 15.7 Å². The number of piperidine rings is 1. The average molecular weight is 440 g/mol. The Bertz CT molecular complexity index is 1070. The molecule has 0 unspecified atom stereocenters. The molecule has 1 amide bonds. The first kappa shape index (κ1) is 20.3. The highest BCUT2D eigenvalue weighted by atomic mass is 32.2. The van der Waals surface area contributed by atoms with Crippen LogP contribution in [0.5, 0.6) is 0 Å². The van der Waals surface area contributed by atoms with Gasteiger partial charge in [-0.2, -0.15) is 8.42 Å². The highest BCUT2D eigenvalue weighted by Gasteiger charge is 2.39. The summed E-state index contributed by atoms with van der Waals surface area (Å²) < 4.78 is 52.4. The summed E-state index contributed by atoms with van der Waals surface area (Å²) >= 11 is 0. The van der Waals surface area contributed by atoms with Crippen molar-refractivity contribution in [1.29, 1.82) is 0 Å². The predicted octanol–water partition coefficient (Wildman–Crippen LogP) is 0.883. The van der Waals surface area contributed by atoms with E-state index in [-0.39, 0.29) is 34.3 Å². The van der Waals surface area contributed by atoms with Crippen molar-refractivity contribution in [2.45, 2.75) is 37.1 Å². The number of rotatable bonds is 3. The van der Waals surface area contributed by atoms with E-state index in [1.165, 1.54) is 0 Å². The van der Waals surface area contributed by atoms with Gasteiger partial charge in [-0.1, -0.05) is 12.1 Å². The molecule has 3 heterocycles. The van der Waals surface area contributed by atoms with Crippen molar-refractivity contribution >= 4 is 31.6 Å². The second-order valence-electron chi connectivity index (χ2n) is 7.85. The van der Waals surface area contributed by atoms with Crippen LogP contribution in [0.1, 0.15) is 31.7 Å². The van der Waals surface area contributed by atoms with Crippen molar-refractivity contribution in [2.24, 2.45) is 10.3 Å². The fourth-order valence-corrected chi connectivity index (χ4v) is 7.50. The van der Waals surface area contributed by atoms with Crippen LogP contribution in [0.4, 0.5) is 0 Å². The first-order valence-electron chi connectivity index (χ1n) is 9.92. The van der Waals surface area contributed by atoms with Gasteiger partial charge in [0.1, 0.15) is 4.90 Å². The SMILES string of the molecule is CCN(C(=O)[C@@H]1CCCN(C2=NS(=O)(=O)c3ccccc32)C1)[C@@H]1CCS(=O)(=O)C1. The van der Waals surface area contributed by atoms with Gasteiger partial charge < -0.3 is 9.80 Å². The normalized spacial score (nSPS) is 27.3. The van der Waals surface area contributed by atoms with Crippen LogP contribution < -0.4 is 0 Å². The van der Waals surface area contributed by atoms with Gasteiger partial charge in [0.05, 0.1) is 17.4 Å². The summed E-state index contributed by atoms with van der Waals surface area (Å²) in [5.41, 5.74) is 0.579. The highest BCUT2D eigenvalue weighted by molar-refractivity contribution is 7.91. The summed E-state index contributed by atoms with van der Waals surface area (Å²) in [6.45, 7) is 3.36. The molecule has 4 rings (SSSR count). The molecule has 8 nitrogen and oxygen atoms in total. The Kier molecular flexibility index (Phi) is 5.18. The number of sulfone groups is 1. The summed E-state index contributed by atoms with van der Waals surface area (Å²) in [5, 5.41) is 0. The van der Waals surface area contributed by atoms with Gasteiger partial charge in [-0.25, -0.2) is 8.42 Å². The van der Waals surface area contributed by atoms with E-state index in [4.69, 9.17) is 0 Å². The molecule has 158 valence electrons. The predicted molar refractivity (Wildman–Crippen MR) is 109 cm³/mol. The Hall–Kier alpha value is -1.94. The zero-order valence-electron chi connectivity index (χ0n) is 16.3. The Morgan fingerprint density at radius 3 is 2.66 bits per heavy atom. The largest absolute Gasteiger partial charge is 0.355 e. The number of sulfonamides is 1. The number of amides is 1. The van der Waals surface area contributed by atoms with E-state index in [0.29, 0.717) is 43.9 Å². The molecule has 0 radical (unpaired) electrons. The van der Waals surface area contributed by atoms with Crippen molar-refractivity contribution in [2.75, 3.05) is 31.1 Å². The minimum absolute atomic E-state index is 0.0291. The van der Waals surface area contributed by atoms with Gasteiger partial charge in [0.2, 0.25) is 5.91 Å². The van der Waals surface area contributed by atoms with Crippen molar-refractivity contribution in [3.63, 3.8) is 0 Å². The quantitative estimate of drug-likeness (QED) is 0.693. The van der Waals surface area contributed by atoms with Crippen LogP contribution >= 0.6 is 0 Å². The number of benzene rings is 1. The minimum atomic E-state index is -3.70. The molecule has 1 aromatic rings. The molecule has 0 bridgehead atoms. The maximum atomic E-state index is 13.2. The van der Waals surface area contributed by atoms with E-state index >= 15 is 0 Å². The molecule has 0 N–H and O–H groups in total. The molecule has 10 heteroatoms. The molecule has 0 aliphatic carbocycles. The van der Waals surface area contributed by atoms with Gasteiger partial charge in [-0.15, -0.1) is 4.40 Å². The minimum Gasteiger partial charge on any atom is -0.355 e. The molecule has 0 spiro atoms. The number of hydrogen-bond acceptors (Lipinski definition) is 6. The van der Waals surface area contributed by atoms with Crippen LogP contribution in [-0.2, 0) is 24.7 Å². The van der Waals surface area contributed by atoms with Crippen molar-refractivity contribution in [1.82, 2.24) is 9.80 Å². The van der Waals surface area contributed by atoms with E-state index in [0.717, 1.165) is 6.42 Å². The highest BCUT2D eigenvalue weighted by Crippen LogP contribution is 2.30. The van der Waals surface area contributed by atoms with Crippen molar-refractivity contribution < 1.29 is 21.6 Å². The summed E-state index contributed by atoms with van der Waals surface area (Å²) in [7, 11) is -6.78. The standard InChI is InChI=1S/C19H25N3O5S2/c1-2-22(15-9-11-28(24,25)13-15)19(23)14-6-5-10-21(12-14)18-16-7-3-4-8-17(16)29(26,27)20-18/h3-4,7-8,14-15H,2,5-6,9-13H2,1H3/t14-,15-/m1/s1. The molecule has 3 aliphatic heterocycles. The molecule has 0 saturated carbocycles. The van der Waals surface area contributed by atoms with E-state index in [1.54, 1.807) is 29.2 Å². The van der Waals surface area contributed by atoms with Crippen LogP contribution in [0.25, 0.3) is 0 Å². The second kappa shape index (κ2) is 7.39. The maximum Gasteiger partial charge on any atom is 0.285 e. The molecule has 1 aromatic carbocycles. The molecule has 3 aliphatic rings. The summed E-state index contributed by atoms with van der Waals surface area (Å²) in [6, 6.07) is 6.48. The lowest BCUT2D eigenvalue weighted by Gasteiger charge is -2.37. The number of nitrogens with zero attached hydrogens (tertiary/aromatic N) is 3. The van der Waals surface area contributed by atoms with E-state index in [9.17, 15) is 21.6 Å². The molecule has 2 saturated heterocycles. The smallest absolute Gasteiger partial charge is 0.285 e. The summed E-state index contributed by atoms with van der Waals surface area (Å²) in [5.74, 6) is 0.217. The lowest BCUT2D eigenvalue weighted by Crippen LogP contribution is -2.49. The molecule has 2 atom stereocenters. The van der Waals surface area contributed by atoms with Crippen LogP contribution in [0.15, 0.2) is 33.6 Å². The summed E-state index contributed by atoms with van der Waals surface area (Å²) in [4.78, 5) is 17.0. The third kappa shape index (κ3) is 3.79. The number of hydrogen-bond donors (Lipinski definition) is 0. The van der Waals surface area contributed by atoms with Crippen molar-refractivity contribution in [3.8, 4) is 0 Å². The Morgan fingerprint density at radius 1 is 1.21 bits per heavy atom. The van der Waals surface area contributed by atoms with Crippen LogP contribution in [-0.4, -0.2) is 75.6 Å². The van der Waals surface area contributed by atoms with Crippen LogP contribution in [0.3, 0.4) is 0 Å². The monoisotopic (exact) mass is 439 g/mol. The molecule has 29 heavy (non-hydrogen) atoms. The van der Waals surface area contributed by atoms with Gasteiger partial charge in [0.25, 0.3) is 10.0 Å². The molecular weight excluding hydrogens is 414 g/mol. The molecular formula is C19H25N3O5S2. The lowest BCUT2D eigenvalue weighted by molar-refractivity contribution is -0.138. The Labute approximate surface area is 171 Å². The third-order valence-electron chi connectivity index (χ3n) is 5.96. The van der Waals surface area contributed by atoms with Gasteiger partial charge in [-0.3, -0.25) is 4.79 Å². The Morgan fingerprint density at radius 2 is 1.97 bits per heavy atom. The van der Waals surface area contributed by atoms with Gasteiger partial charge in [0, 0.05) is 31.2 Å². The van der Waals surface area contributed by atoms with Gasteiger partial charge in [-0.05, 0) is 38.3 Å². The number of amidine groups is 1. The Balaban J connectivity index is 1.54. The van der Waals surface area contributed by atoms with E-state index < -0.39 is 19.9 Å². The average Bonchev–Trinajstić information content (AvgIpc) is 3.19. The third-order valence-corrected chi connectivity index (χ3v) is 9.03. The van der Waals surface area contributed by atoms with E-state index in [1.807, 2.05) is 11.8 Å². The number of fused-ring (bicyclic) bond motifs is 1. The summed E-state index contributed by atoms with van der Waals surface area (Å²) in [6.07, 6.45) is 1.93. The zero-order chi connectivity index (χ0) is 20.8. The van der Waals surface area contributed by atoms with Gasteiger partial charge >= 0.3 is 0 Å². The topological polar surface area (TPSA) is 104 Å². The van der Waals surface area contributed by atoms with Crippen LogP contribution in [0.2, 0.25) is 0 Å². The lowest BCUT2D eigenvalue weighted by atomic mass is 9.95. The van der Waals surface area contributed by atoms with Crippen molar-refractivity contribution in [3.05, 3.63) is 29.8 Å². The second-order valence-corrected chi connectivity index (χ2v) is 11.7. The fraction of sp³-hybridized carbons (Fsp3) is 0.579. The number of likely N-dealkylation sites (tertiary alicyclic amines) is 1. The first-order chi connectivity index (χ1) is 13.7. The number of carbonyl (C=O) groups excluding carboxylic acids is 1. The number of carbonyl (C=O) groups is 1. The maximum absolute atomic E-state index is 13.2. The molecule has 0 aromatic heterocycles. The fourth-order valence-electron chi connectivity index (χ4n) is 4.54.